The molecule has 0 aliphatic heterocycles. The number of hydrogen-bond donors (Lipinski definition) is 2. The minimum absolute atomic E-state index is 0.218. The zero-order chi connectivity index (χ0) is 23.8. The zero-order valence-corrected chi connectivity index (χ0v) is 20.6. The average molecular weight is 544 g/mol. The Bertz CT molecular complexity index is 1200. The van der Waals surface area contributed by atoms with Crippen LogP contribution in [-0.2, 0) is 11.3 Å². The summed E-state index contributed by atoms with van der Waals surface area (Å²) in [5.74, 6) is -1.99. The minimum atomic E-state index is -1.31. The summed E-state index contributed by atoms with van der Waals surface area (Å²) in [5, 5.41) is 6.64. The van der Waals surface area contributed by atoms with Gasteiger partial charge in [-0.25, -0.2) is 0 Å². The molecular formula is C23H16Cl5N3O2. The molecule has 0 bridgehead atoms. The number of carbonyl (C=O) groups excluding carboxylic acids is 2. The fourth-order valence-corrected chi connectivity index (χ4v) is 5.17. The summed E-state index contributed by atoms with van der Waals surface area (Å²) in [6.07, 6.45) is 3.30. The number of nitrogens with zero attached hydrogens (tertiary/aromatic N) is 1. The summed E-state index contributed by atoms with van der Waals surface area (Å²) >= 11 is 31.2. The Hall–Kier alpha value is -2.02. The van der Waals surface area contributed by atoms with Gasteiger partial charge in [0, 0.05) is 40.6 Å². The van der Waals surface area contributed by atoms with Crippen molar-refractivity contribution in [3.63, 3.8) is 0 Å². The number of anilines is 1. The fourth-order valence-electron chi connectivity index (χ4n) is 3.60. The molecule has 2 aromatic carbocycles. The van der Waals surface area contributed by atoms with Gasteiger partial charge in [0.2, 0.25) is 5.91 Å². The quantitative estimate of drug-likeness (QED) is 0.349. The molecule has 33 heavy (non-hydrogen) atoms. The lowest BCUT2D eigenvalue weighted by molar-refractivity contribution is -0.117. The van der Waals surface area contributed by atoms with Gasteiger partial charge in [0.15, 0.2) is 0 Å². The Morgan fingerprint density at radius 1 is 1.00 bits per heavy atom. The average Bonchev–Trinajstić information content (AvgIpc) is 3.35. The molecule has 2 N–H and O–H groups in total. The minimum Gasteiger partial charge on any atom is -0.348 e. The van der Waals surface area contributed by atoms with Gasteiger partial charge in [-0.2, -0.15) is 0 Å². The number of alkyl halides is 2. The van der Waals surface area contributed by atoms with Gasteiger partial charge in [0.1, 0.15) is 4.33 Å². The van der Waals surface area contributed by atoms with Gasteiger partial charge in [0.25, 0.3) is 5.91 Å². The van der Waals surface area contributed by atoms with Crippen molar-refractivity contribution >= 4 is 75.5 Å². The van der Waals surface area contributed by atoms with Crippen molar-refractivity contribution in [3.05, 3.63) is 92.7 Å². The van der Waals surface area contributed by atoms with E-state index in [0.717, 1.165) is 5.56 Å². The van der Waals surface area contributed by atoms with E-state index in [4.69, 9.17) is 58.0 Å². The molecule has 0 unspecified atom stereocenters. The Labute approximate surface area is 215 Å². The van der Waals surface area contributed by atoms with E-state index in [9.17, 15) is 9.59 Å². The van der Waals surface area contributed by atoms with E-state index in [1.165, 1.54) is 12.1 Å². The van der Waals surface area contributed by atoms with Crippen LogP contribution in [0.15, 0.2) is 60.9 Å². The third-order valence-corrected chi connectivity index (χ3v) is 6.94. The highest BCUT2D eigenvalue weighted by molar-refractivity contribution is 6.53. The first-order valence-electron chi connectivity index (χ1n) is 9.78. The summed E-state index contributed by atoms with van der Waals surface area (Å²) in [5.41, 5.74) is 2.11. The first-order valence-corrected chi connectivity index (χ1v) is 11.7. The van der Waals surface area contributed by atoms with Crippen molar-refractivity contribution in [2.75, 3.05) is 5.32 Å². The number of amides is 2. The number of pyridine rings is 1. The van der Waals surface area contributed by atoms with Crippen molar-refractivity contribution < 1.29 is 9.59 Å². The Morgan fingerprint density at radius 3 is 2.39 bits per heavy atom. The Morgan fingerprint density at radius 2 is 1.73 bits per heavy atom. The fraction of sp³-hybridized carbons (Fsp3) is 0.174. The predicted octanol–water partition coefficient (Wildman–Crippen LogP) is 6.50. The molecule has 1 heterocycles. The summed E-state index contributed by atoms with van der Waals surface area (Å²) in [6, 6.07) is 13.2. The molecule has 3 aromatic rings. The maximum Gasteiger partial charge on any atom is 0.253 e. The highest BCUT2D eigenvalue weighted by Gasteiger charge is 2.67. The second kappa shape index (κ2) is 9.69. The van der Waals surface area contributed by atoms with E-state index in [0.29, 0.717) is 21.3 Å². The highest BCUT2D eigenvalue weighted by atomic mass is 35.5. The van der Waals surface area contributed by atoms with Crippen molar-refractivity contribution in [1.29, 1.82) is 0 Å². The van der Waals surface area contributed by atoms with E-state index in [1.807, 2.05) is 6.07 Å². The van der Waals surface area contributed by atoms with Crippen LogP contribution in [0.5, 0.6) is 0 Å². The topological polar surface area (TPSA) is 71.1 Å². The maximum atomic E-state index is 12.9. The van der Waals surface area contributed by atoms with Crippen molar-refractivity contribution in [2.45, 2.75) is 16.8 Å². The second-order valence-electron chi connectivity index (χ2n) is 7.56. The molecule has 2 atom stereocenters. The molecule has 4 rings (SSSR count). The third kappa shape index (κ3) is 5.39. The molecule has 1 aliphatic carbocycles. The molecule has 1 saturated carbocycles. The second-order valence-corrected chi connectivity index (χ2v) is 10.3. The van der Waals surface area contributed by atoms with Gasteiger partial charge in [-0.15, -0.1) is 23.2 Å². The first kappa shape index (κ1) is 24.1. The molecule has 1 aromatic heterocycles. The van der Waals surface area contributed by atoms with E-state index in [2.05, 4.69) is 15.6 Å². The van der Waals surface area contributed by atoms with Crippen LogP contribution in [0.4, 0.5) is 5.69 Å². The predicted molar refractivity (Wildman–Crippen MR) is 133 cm³/mol. The lowest BCUT2D eigenvalue weighted by Gasteiger charge is -2.10. The van der Waals surface area contributed by atoms with Crippen molar-refractivity contribution in [3.8, 4) is 0 Å². The highest BCUT2D eigenvalue weighted by Crippen LogP contribution is 2.65. The van der Waals surface area contributed by atoms with Crippen LogP contribution in [0, 0.1) is 5.92 Å². The first-order chi connectivity index (χ1) is 15.7. The third-order valence-electron chi connectivity index (χ3n) is 5.23. The number of nitrogens with one attached hydrogen (secondary N) is 2. The summed E-state index contributed by atoms with van der Waals surface area (Å²) in [7, 11) is 0. The van der Waals surface area contributed by atoms with E-state index >= 15 is 0 Å². The molecule has 1 fully saturated rings. The number of halogens is 5. The standard InChI is InChI=1S/C23H16Cl5N3O2/c24-14-6-13(7-15(25)8-14)19-20(23(19,27)28)22(33)31-16-3-4-18(26)17(9-16)21(32)30-11-12-2-1-5-29-10-12/h1-10,19-20H,11H2,(H,30,32)(H,31,33)/t19-,20+/m0/s1. The molecule has 5 nitrogen and oxygen atoms in total. The Balaban J connectivity index is 1.46. The number of rotatable bonds is 6. The van der Waals surface area contributed by atoms with Crippen LogP contribution in [0.1, 0.15) is 27.4 Å². The van der Waals surface area contributed by atoms with Crippen LogP contribution < -0.4 is 10.6 Å². The summed E-state index contributed by atoms with van der Waals surface area (Å²) in [4.78, 5) is 29.6. The monoisotopic (exact) mass is 541 g/mol. The summed E-state index contributed by atoms with van der Waals surface area (Å²) in [6.45, 7) is 0.284. The van der Waals surface area contributed by atoms with Gasteiger partial charge >= 0.3 is 0 Å². The van der Waals surface area contributed by atoms with Crippen LogP contribution >= 0.6 is 58.0 Å². The number of benzene rings is 2. The lowest BCUT2D eigenvalue weighted by atomic mass is 10.1. The smallest absolute Gasteiger partial charge is 0.253 e. The van der Waals surface area contributed by atoms with E-state index < -0.39 is 22.1 Å². The van der Waals surface area contributed by atoms with Crippen molar-refractivity contribution in [2.24, 2.45) is 5.92 Å². The normalized spacial score (nSPS) is 18.5. The SMILES string of the molecule is O=C(NCc1cccnc1)c1cc(NC(=O)[C@H]2[C@H](c3cc(Cl)cc(Cl)c3)C2(Cl)Cl)ccc1Cl. The van der Waals surface area contributed by atoms with E-state index in [-0.39, 0.29) is 23.0 Å². The van der Waals surface area contributed by atoms with Crippen LogP contribution in [0.3, 0.4) is 0 Å². The zero-order valence-electron chi connectivity index (χ0n) is 16.8. The van der Waals surface area contributed by atoms with Gasteiger partial charge in [-0.05, 0) is 53.6 Å². The molecule has 0 radical (unpaired) electrons. The Kier molecular flexibility index (Phi) is 7.08. The number of carbonyl (C=O) groups is 2. The van der Waals surface area contributed by atoms with E-state index in [1.54, 1.807) is 42.7 Å². The molecule has 2 amide bonds. The van der Waals surface area contributed by atoms with Gasteiger partial charge in [-0.3, -0.25) is 14.6 Å². The van der Waals surface area contributed by atoms with Gasteiger partial charge in [-0.1, -0.05) is 40.9 Å². The lowest BCUT2D eigenvalue weighted by Crippen LogP contribution is -2.23. The molecule has 0 spiro atoms. The molecule has 10 heteroatoms. The largest absolute Gasteiger partial charge is 0.348 e. The van der Waals surface area contributed by atoms with Crippen molar-refractivity contribution in [1.82, 2.24) is 10.3 Å². The molecule has 0 saturated heterocycles. The van der Waals surface area contributed by atoms with Crippen LogP contribution in [0.25, 0.3) is 0 Å². The number of aromatic nitrogens is 1. The van der Waals surface area contributed by atoms with Crippen LogP contribution in [0.2, 0.25) is 15.1 Å². The molecule has 170 valence electrons. The summed E-state index contributed by atoms with van der Waals surface area (Å²) < 4.78 is -1.31. The maximum absolute atomic E-state index is 12.9. The van der Waals surface area contributed by atoms with Crippen LogP contribution in [-0.4, -0.2) is 21.1 Å². The van der Waals surface area contributed by atoms with Gasteiger partial charge in [0.05, 0.1) is 16.5 Å². The number of hydrogen-bond acceptors (Lipinski definition) is 3. The molecule has 1 aliphatic rings. The van der Waals surface area contributed by atoms with Gasteiger partial charge < -0.3 is 10.6 Å². The molecular weight excluding hydrogens is 528 g/mol.